The molecule has 0 aliphatic carbocycles. The van der Waals surface area contributed by atoms with Crippen LogP contribution in [0.2, 0.25) is 5.02 Å². The lowest BCUT2D eigenvalue weighted by Gasteiger charge is -2.33. The molecule has 3 aromatic rings. The van der Waals surface area contributed by atoms with Gasteiger partial charge in [0.05, 0.1) is 22.6 Å². The van der Waals surface area contributed by atoms with Gasteiger partial charge in [0.1, 0.15) is 24.2 Å². The topological polar surface area (TPSA) is 110 Å². The molecule has 0 aromatic carbocycles. The van der Waals surface area contributed by atoms with Gasteiger partial charge in [0, 0.05) is 25.0 Å². The molecule has 1 spiro atoms. The number of rotatable bonds is 6. The molecule has 2 aliphatic heterocycles. The Morgan fingerprint density at radius 1 is 1.17 bits per heavy atom. The van der Waals surface area contributed by atoms with Crippen molar-refractivity contribution in [1.82, 2.24) is 19.9 Å². The number of carboxylic acids is 1. The van der Waals surface area contributed by atoms with Crippen LogP contribution in [-0.2, 0) is 11.4 Å². The molecule has 5 heterocycles. The smallest absolute Gasteiger partial charge is 0.326 e. The summed E-state index contributed by atoms with van der Waals surface area (Å²) in [4.78, 5) is 35.3. The molecule has 0 amide bonds. The second-order valence-corrected chi connectivity index (χ2v) is 9.57. The zero-order chi connectivity index (χ0) is 24.4. The highest BCUT2D eigenvalue weighted by molar-refractivity contribution is 6.30. The number of nitrogens with one attached hydrogen (secondary N) is 1. The maximum absolute atomic E-state index is 12.7. The van der Waals surface area contributed by atoms with Crippen LogP contribution in [0.3, 0.4) is 0 Å². The molecule has 0 saturated carbocycles. The molecule has 1 atom stereocenters. The van der Waals surface area contributed by atoms with Crippen LogP contribution in [0.5, 0.6) is 5.75 Å². The lowest BCUT2D eigenvalue weighted by molar-refractivity contribution is -0.138. The molecule has 0 radical (unpaired) electrons. The van der Waals surface area contributed by atoms with E-state index in [1.807, 2.05) is 4.90 Å². The van der Waals surface area contributed by atoms with Gasteiger partial charge in [0.25, 0.3) is 5.56 Å². The Labute approximate surface area is 207 Å². The third-order valence-electron chi connectivity index (χ3n) is 6.83. The zero-order valence-electron chi connectivity index (χ0n) is 19.1. The van der Waals surface area contributed by atoms with E-state index >= 15 is 0 Å². The summed E-state index contributed by atoms with van der Waals surface area (Å²) < 4.78 is 7.15. The standard InChI is InChI=1S/C25H26ClN5O4/c26-17-1-2-18(28-13-17)15-35-20-5-10-30(23(32)11-20)19-3-4-22(29-14-19)31-16-25(6-8-27-9-7-25)12-21(31)24(33)34/h1-5,10-11,13-14,21,27H,6-9,12,15-16H2,(H,33,34). The fourth-order valence-electron chi connectivity index (χ4n) is 4.94. The molecule has 2 N–H and O–H groups in total. The van der Waals surface area contributed by atoms with Crippen LogP contribution in [0, 0.1) is 5.41 Å². The molecule has 9 nitrogen and oxygen atoms in total. The maximum atomic E-state index is 12.7. The second-order valence-electron chi connectivity index (χ2n) is 9.14. The fraction of sp³-hybridized carbons (Fsp3) is 0.360. The SMILES string of the molecule is O=C(O)C1CC2(CCNCC2)CN1c1ccc(-n2ccc(OCc3ccc(Cl)cn3)cc2=O)cn1. The van der Waals surface area contributed by atoms with Gasteiger partial charge in [-0.25, -0.2) is 9.78 Å². The van der Waals surface area contributed by atoms with Crippen LogP contribution >= 0.6 is 11.6 Å². The van der Waals surface area contributed by atoms with E-state index in [-0.39, 0.29) is 17.6 Å². The molecule has 182 valence electrons. The second kappa shape index (κ2) is 9.67. The van der Waals surface area contributed by atoms with Gasteiger partial charge in [-0.15, -0.1) is 0 Å². The number of carbonyl (C=O) groups is 1. The van der Waals surface area contributed by atoms with E-state index in [0.717, 1.165) is 25.9 Å². The lowest BCUT2D eigenvalue weighted by Crippen LogP contribution is -2.39. The molecule has 35 heavy (non-hydrogen) atoms. The van der Waals surface area contributed by atoms with Gasteiger partial charge in [-0.1, -0.05) is 11.6 Å². The van der Waals surface area contributed by atoms with Gasteiger partial charge in [-0.05, 0) is 68.1 Å². The van der Waals surface area contributed by atoms with E-state index in [2.05, 4.69) is 15.3 Å². The van der Waals surface area contributed by atoms with E-state index in [9.17, 15) is 14.7 Å². The lowest BCUT2D eigenvalue weighted by atomic mass is 9.77. The van der Waals surface area contributed by atoms with E-state index in [1.165, 1.54) is 10.6 Å². The monoisotopic (exact) mass is 495 g/mol. The van der Waals surface area contributed by atoms with Crippen molar-refractivity contribution in [3.63, 3.8) is 0 Å². The minimum Gasteiger partial charge on any atom is -0.487 e. The molecule has 2 saturated heterocycles. The first-order valence-corrected chi connectivity index (χ1v) is 11.9. The Bertz CT molecular complexity index is 1260. The van der Waals surface area contributed by atoms with Crippen LogP contribution in [0.4, 0.5) is 5.82 Å². The fourth-order valence-corrected chi connectivity index (χ4v) is 5.05. The minimum absolute atomic E-state index is 0.00293. The Morgan fingerprint density at radius 2 is 2.00 bits per heavy atom. The van der Waals surface area contributed by atoms with E-state index in [0.29, 0.717) is 40.9 Å². The van der Waals surface area contributed by atoms with Crippen molar-refractivity contribution in [3.8, 4) is 11.4 Å². The van der Waals surface area contributed by atoms with Crippen LogP contribution in [0.25, 0.3) is 5.69 Å². The summed E-state index contributed by atoms with van der Waals surface area (Å²) in [6.45, 7) is 2.71. The van der Waals surface area contributed by atoms with Crippen LogP contribution in [-0.4, -0.2) is 51.3 Å². The quantitative estimate of drug-likeness (QED) is 0.537. The summed E-state index contributed by atoms with van der Waals surface area (Å²) in [6.07, 6.45) is 7.32. The van der Waals surface area contributed by atoms with E-state index in [1.54, 1.807) is 48.9 Å². The molecular formula is C25H26ClN5O4. The molecule has 2 fully saturated rings. The molecule has 2 aliphatic rings. The van der Waals surface area contributed by atoms with Crippen molar-refractivity contribution in [2.45, 2.75) is 31.9 Å². The average molecular weight is 496 g/mol. The highest BCUT2D eigenvalue weighted by Gasteiger charge is 2.47. The summed E-state index contributed by atoms with van der Waals surface area (Å²) in [5, 5.41) is 13.7. The van der Waals surface area contributed by atoms with Crippen molar-refractivity contribution in [2.75, 3.05) is 24.5 Å². The minimum atomic E-state index is -0.827. The number of ether oxygens (including phenoxy) is 1. The molecule has 1 unspecified atom stereocenters. The number of aliphatic carboxylic acids is 1. The van der Waals surface area contributed by atoms with Crippen LogP contribution in [0.15, 0.2) is 59.8 Å². The molecule has 5 rings (SSSR count). The van der Waals surface area contributed by atoms with Crippen molar-refractivity contribution in [2.24, 2.45) is 5.41 Å². The van der Waals surface area contributed by atoms with Gasteiger partial charge in [-0.3, -0.25) is 14.3 Å². The van der Waals surface area contributed by atoms with Gasteiger partial charge in [0.2, 0.25) is 0 Å². The number of piperidine rings is 1. The number of aromatic nitrogens is 3. The van der Waals surface area contributed by atoms with Gasteiger partial charge >= 0.3 is 5.97 Å². The first-order chi connectivity index (χ1) is 16.9. The van der Waals surface area contributed by atoms with Crippen molar-refractivity contribution < 1.29 is 14.6 Å². The third-order valence-corrected chi connectivity index (χ3v) is 7.05. The summed E-state index contributed by atoms with van der Waals surface area (Å²) in [6, 6.07) is 9.58. The first-order valence-electron chi connectivity index (χ1n) is 11.6. The maximum Gasteiger partial charge on any atom is 0.326 e. The molecule has 10 heteroatoms. The zero-order valence-corrected chi connectivity index (χ0v) is 19.8. The van der Waals surface area contributed by atoms with Gasteiger partial charge in [0.15, 0.2) is 0 Å². The third kappa shape index (κ3) is 5.01. The Hall–Kier alpha value is -3.43. The first kappa shape index (κ1) is 23.3. The van der Waals surface area contributed by atoms with Crippen molar-refractivity contribution in [3.05, 3.63) is 76.1 Å². The Morgan fingerprint density at radius 3 is 2.66 bits per heavy atom. The predicted octanol–water partition coefficient (Wildman–Crippen LogP) is 2.89. The van der Waals surface area contributed by atoms with Crippen LogP contribution < -0.4 is 20.5 Å². The Kier molecular flexibility index (Phi) is 6.44. The van der Waals surface area contributed by atoms with Crippen LogP contribution in [0.1, 0.15) is 25.0 Å². The number of halogens is 1. The molecule has 0 bridgehead atoms. The summed E-state index contributed by atoms with van der Waals surface area (Å²) in [5.74, 6) is 0.216. The molecule has 3 aromatic heterocycles. The largest absolute Gasteiger partial charge is 0.487 e. The summed E-state index contributed by atoms with van der Waals surface area (Å²) in [7, 11) is 0. The highest BCUT2D eigenvalue weighted by atomic mass is 35.5. The number of nitrogens with zero attached hydrogens (tertiary/aromatic N) is 4. The number of hydrogen-bond acceptors (Lipinski definition) is 7. The predicted molar refractivity (Wildman–Crippen MR) is 131 cm³/mol. The van der Waals surface area contributed by atoms with Gasteiger partial charge in [-0.2, -0.15) is 0 Å². The normalized spacial score (nSPS) is 19.1. The van der Waals surface area contributed by atoms with Gasteiger partial charge < -0.3 is 20.1 Å². The Balaban J connectivity index is 1.30. The van der Waals surface area contributed by atoms with Crippen molar-refractivity contribution in [1.29, 1.82) is 0 Å². The highest BCUT2D eigenvalue weighted by Crippen LogP contribution is 2.43. The van der Waals surface area contributed by atoms with E-state index < -0.39 is 12.0 Å². The molecular weight excluding hydrogens is 470 g/mol. The number of hydrogen-bond donors (Lipinski definition) is 2. The number of anilines is 1. The summed E-state index contributed by atoms with van der Waals surface area (Å²) >= 11 is 5.84. The number of carboxylic acid groups (broad SMARTS) is 1. The summed E-state index contributed by atoms with van der Waals surface area (Å²) in [5.41, 5.74) is 1.03. The van der Waals surface area contributed by atoms with Crippen molar-refractivity contribution >= 4 is 23.4 Å². The number of pyridine rings is 3. The average Bonchev–Trinajstić information content (AvgIpc) is 3.23. The van der Waals surface area contributed by atoms with E-state index in [4.69, 9.17) is 16.3 Å².